The second-order valence-electron chi connectivity index (χ2n) is 7.76. The molecule has 4 rings (SSSR count). The first-order valence-electron chi connectivity index (χ1n) is 10.3. The van der Waals surface area contributed by atoms with Gasteiger partial charge in [0.05, 0.1) is 30.1 Å². The van der Waals surface area contributed by atoms with Gasteiger partial charge >= 0.3 is 0 Å². The molecule has 0 radical (unpaired) electrons. The lowest BCUT2D eigenvalue weighted by Crippen LogP contribution is -2.45. The molecule has 0 aliphatic carbocycles. The molecule has 0 saturated carbocycles. The summed E-state index contributed by atoms with van der Waals surface area (Å²) in [6.45, 7) is 6.26. The van der Waals surface area contributed by atoms with Crippen molar-refractivity contribution in [1.82, 2.24) is 15.1 Å². The number of rotatable bonds is 6. The van der Waals surface area contributed by atoms with Gasteiger partial charge < -0.3 is 15.1 Å². The van der Waals surface area contributed by atoms with Crippen LogP contribution in [0.4, 0.5) is 5.82 Å². The van der Waals surface area contributed by atoms with Crippen molar-refractivity contribution >= 4 is 11.7 Å². The number of nitrogens with zero attached hydrogens (tertiary/aromatic N) is 2. The first kappa shape index (κ1) is 19.3. The summed E-state index contributed by atoms with van der Waals surface area (Å²) in [5, 5.41) is 11.3. The van der Waals surface area contributed by atoms with Crippen LogP contribution in [0.2, 0.25) is 0 Å². The predicted molar refractivity (Wildman–Crippen MR) is 113 cm³/mol. The van der Waals surface area contributed by atoms with E-state index >= 15 is 0 Å². The van der Waals surface area contributed by atoms with Crippen molar-refractivity contribution in [1.29, 1.82) is 0 Å². The van der Waals surface area contributed by atoms with E-state index in [2.05, 4.69) is 48.6 Å². The summed E-state index contributed by atoms with van der Waals surface area (Å²) >= 11 is 0. The molecular formula is C23H28N4O2. The maximum atomic E-state index is 13.3. The van der Waals surface area contributed by atoms with E-state index in [-0.39, 0.29) is 18.0 Å². The van der Waals surface area contributed by atoms with Gasteiger partial charge in [0.1, 0.15) is 17.1 Å². The zero-order chi connectivity index (χ0) is 20.4. The van der Waals surface area contributed by atoms with Crippen LogP contribution in [-0.2, 0) is 5.54 Å². The predicted octanol–water partition coefficient (Wildman–Crippen LogP) is 5.04. The summed E-state index contributed by atoms with van der Waals surface area (Å²) in [7, 11) is 0. The topological polar surface area (TPSA) is 72.1 Å². The van der Waals surface area contributed by atoms with E-state index in [9.17, 15) is 4.79 Å². The summed E-state index contributed by atoms with van der Waals surface area (Å²) in [4.78, 5) is 13.3. The fraction of sp³-hybridized carbons (Fsp3) is 0.391. The lowest BCUT2D eigenvalue weighted by Gasteiger charge is -2.33. The van der Waals surface area contributed by atoms with Crippen molar-refractivity contribution in [3.05, 3.63) is 71.8 Å². The van der Waals surface area contributed by atoms with E-state index in [0.29, 0.717) is 5.56 Å². The molecule has 2 aromatic heterocycles. The number of hydrogen-bond acceptors (Lipinski definition) is 4. The Hall–Kier alpha value is -3.02. The van der Waals surface area contributed by atoms with Gasteiger partial charge in [-0.1, -0.05) is 44.2 Å². The van der Waals surface area contributed by atoms with Crippen molar-refractivity contribution < 1.29 is 9.21 Å². The number of nitrogens with one attached hydrogen (secondary N) is 2. The highest BCUT2D eigenvalue weighted by molar-refractivity contribution is 5.99. The minimum Gasteiger partial charge on any atom is -0.467 e. The number of aromatic nitrogens is 2. The normalized spacial score (nSPS) is 18.7. The minimum atomic E-state index is -0.533. The molecule has 1 aliphatic rings. The Labute approximate surface area is 171 Å². The molecule has 1 amide bonds. The number of benzene rings is 1. The fourth-order valence-electron chi connectivity index (χ4n) is 4.25. The van der Waals surface area contributed by atoms with Crippen LogP contribution >= 0.6 is 0 Å². The van der Waals surface area contributed by atoms with Crippen molar-refractivity contribution in [3.8, 4) is 0 Å². The summed E-state index contributed by atoms with van der Waals surface area (Å²) in [5.41, 5.74) is 1.25. The molecule has 0 fully saturated rings. The SMILES string of the molecule is CCC(CC)(NC(=O)c1cnn2c1NC(c1ccccc1)CC2C)c1ccco1. The van der Waals surface area contributed by atoms with Crippen LogP contribution in [0, 0.1) is 0 Å². The van der Waals surface area contributed by atoms with Crippen LogP contribution in [0.15, 0.2) is 59.3 Å². The Morgan fingerprint density at radius 1 is 1.24 bits per heavy atom. The number of fused-ring (bicyclic) bond motifs is 1. The molecule has 3 aromatic rings. The summed E-state index contributed by atoms with van der Waals surface area (Å²) in [6, 6.07) is 14.5. The van der Waals surface area contributed by atoms with E-state index in [1.807, 2.05) is 35.0 Å². The third-order valence-electron chi connectivity index (χ3n) is 6.10. The lowest BCUT2D eigenvalue weighted by molar-refractivity contribution is 0.0873. The van der Waals surface area contributed by atoms with Gasteiger partial charge in [-0.2, -0.15) is 5.10 Å². The smallest absolute Gasteiger partial charge is 0.257 e. The molecule has 3 heterocycles. The van der Waals surface area contributed by atoms with Crippen LogP contribution in [0.3, 0.4) is 0 Å². The number of carbonyl (C=O) groups excluding carboxylic acids is 1. The number of anilines is 1. The second kappa shape index (κ2) is 7.78. The van der Waals surface area contributed by atoms with Gasteiger partial charge in [-0.3, -0.25) is 4.79 Å². The van der Waals surface area contributed by atoms with Gasteiger partial charge in [-0.15, -0.1) is 0 Å². The number of amides is 1. The molecular weight excluding hydrogens is 364 g/mol. The third kappa shape index (κ3) is 3.43. The molecule has 0 spiro atoms. The Bertz CT molecular complexity index is 958. The first-order chi connectivity index (χ1) is 14.1. The lowest BCUT2D eigenvalue weighted by atomic mass is 9.89. The monoisotopic (exact) mass is 392 g/mol. The van der Waals surface area contributed by atoms with Crippen molar-refractivity contribution in [2.75, 3.05) is 5.32 Å². The van der Waals surface area contributed by atoms with Gasteiger partial charge in [-0.25, -0.2) is 4.68 Å². The molecule has 1 aromatic carbocycles. The Balaban J connectivity index is 1.63. The fourth-order valence-corrected chi connectivity index (χ4v) is 4.25. The quantitative estimate of drug-likeness (QED) is 0.616. The molecule has 0 saturated heterocycles. The highest BCUT2D eigenvalue weighted by Gasteiger charge is 2.36. The zero-order valence-corrected chi connectivity index (χ0v) is 17.2. The third-order valence-corrected chi connectivity index (χ3v) is 6.10. The van der Waals surface area contributed by atoms with Crippen molar-refractivity contribution in [2.24, 2.45) is 0 Å². The van der Waals surface area contributed by atoms with Crippen molar-refractivity contribution in [3.63, 3.8) is 0 Å². The number of hydrogen-bond donors (Lipinski definition) is 2. The van der Waals surface area contributed by atoms with Crippen LogP contribution in [0.1, 0.15) is 73.8 Å². The highest BCUT2D eigenvalue weighted by Crippen LogP contribution is 2.37. The number of furan rings is 1. The Morgan fingerprint density at radius 2 is 2.00 bits per heavy atom. The molecule has 29 heavy (non-hydrogen) atoms. The second-order valence-corrected chi connectivity index (χ2v) is 7.76. The van der Waals surface area contributed by atoms with Gasteiger partial charge in [0, 0.05) is 0 Å². The summed E-state index contributed by atoms with van der Waals surface area (Å²) in [5.74, 6) is 1.41. The molecule has 6 heteroatoms. The van der Waals surface area contributed by atoms with Crippen molar-refractivity contribution in [2.45, 2.75) is 57.7 Å². The van der Waals surface area contributed by atoms with E-state index in [1.165, 1.54) is 5.56 Å². The molecule has 6 nitrogen and oxygen atoms in total. The zero-order valence-electron chi connectivity index (χ0n) is 17.2. The molecule has 2 atom stereocenters. The summed E-state index contributed by atoms with van der Waals surface area (Å²) < 4.78 is 7.57. The van der Waals surface area contributed by atoms with Crippen LogP contribution in [-0.4, -0.2) is 15.7 Å². The minimum absolute atomic E-state index is 0.139. The van der Waals surface area contributed by atoms with Gasteiger partial charge in [0.2, 0.25) is 0 Å². The van der Waals surface area contributed by atoms with Gasteiger partial charge in [0.25, 0.3) is 5.91 Å². The highest BCUT2D eigenvalue weighted by atomic mass is 16.3. The molecule has 2 N–H and O–H groups in total. The van der Waals surface area contributed by atoms with Gasteiger partial charge in [0.15, 0.2) is 0 Å². The molecule has 2 unspecified atom stereocenters. The maximum Gasteiger partial charge on any atom is 0.257 e. The van der Waals surface area contributed by atoms with Crippen LogP contribution in [0.5, 0.6) is 0 Å². The first-order valence-corrected chi connectivity index (χ1v) is 10.3. The Kier molecular flexibility index (Phi) is 5.18. The maximum absolute atomic E-state index is 13.3. The summed E-state index contributed by atoms with van der Waals surface area (Å²) in [6.07, 6.45) is 5.71. The standard InChI is InChI=1S/C23H28N4O2/c1-4-23(5-2,20-12-9-13-29-20)26-22(28)18-15-24-27-16(3)14-19(25-21(18)27)17-10-7-6-8-11-17/h6-13,15-16,19,25H,4-5,14H2,1-3H3,(H,26,28). The van der Waals surface area contributed by atoms with Crippen LogP contribution in [0.25, 0.3) is 0 Å². The average Bonchev–Trinajstić information content (AvgIpc) is 3.43. The largest absolute Gasteiger partial charge is 0.467 e. The van der Waals surface area contributed by atoms with E-state index in [1.54, 1.807) is 12.5 Å². The molecule has 1 aliphatic heterocycles. The van der Waals surface area contributed by atoms with Gasteiger partial charge in [-0.05, 0) is 43.9 Å². The van der Waals surface area contributed by atoms with E-state index in [4.69, 9.17) is 4.42 Å². The van der Waals surface area contributed by atoms with E-state index in [0.717, 1.165) is 30.8 Å². The molecule has 152 valence electrons. The Morgan fingerprint density at radius 3 is 2.66 bits per heavy atom. The molecule has 0 bridgehead atoms. The number of carbonyl (C=O) groups is 1. The average molecular weight is 393 g/mol. The van der Waals surface area contributed by atoms with Crippen LogP contribution < -0.4 is 10.6 Å². The van der Waals surface area contributed by atoms with E-state index < -0.39 is 5.54 Å².